The molecular weight excluding hydrogens is 364 g/mol. The van der Waals surface area contributed by atoms with Gasteiger partial charge < -0.3 is 14.6 Å². The van der Waals surface area contributed by atoms with E-state index in [-0.39, 0.29) is 29.7 Å². The van der Waals surface area contributed by atoms with E-state index in [1.165, 1.54) is 24.3 Å². The van der Waals surface area contributed by atoms with Crippen LogP contribution in [0.5, 0.6) is 0 Å². The van der Waals surface area contributed by atoms with Crippen LogP contribution < -0.4 is 0 Å². The third kappa shape index (κ3) is 3.70. The van der Waals surface area contributed by atoms with Crippen LogP contribution in [0.4, 0.5) is 5.69 Å². The number of nitrogens with zero attached hydrogens (tertiary/aromatic N) is 2. The molecule has 0 saturated carbocycles. The number of aliphatic hydroxyl groups is 1. The fraction of sp³-hybridized carbons (Fsp3) is 0.438. The summed E-state index contributed by atoms with van der Waals surface area (Å²) in [5.41, 5.74) is -1.84. The summed E-state index contributed by atoms with van der Waals surface area (Å²) in [6.07, 6.45) is -1.42. The molecular formula is C16H18N2O7S. The summed E-state index contributed by atoms with van der Waals surface area (Å²) >= 11 is 1.13. The molecule has 1 aliphatic rings. The molecule has 1 aromatic carbocycles. The summed E-state index contributed by atoms with van der Waals surface area (Å²) in [5.74, 6) is -1.98. The number of esters is 2. The van der Waals surface area contributed by atoms with Crippen LogP contribution >= 0.6 is 11.8 Å². The first kappa shape index (κ1) is 19.9. The number of carbonyl (C=O) groups excluding carboxylic acids is 2. The largest absolute Gasteiger partial charge is 0.464 e. The van der Waals surface area contributed by atoms with Gasteiger partial charge in [-0.1, -0.05) is 0 Å². The molecule has 0 aromatic heterocycles. The molecule has 2 rings (SSSR count). The minimum absolute atomic E-state index is 0.00222. The van der Waals surface area contributed by atoms with E-state index in [2.05, 4.69) is 4.99 Å². The van der Waals surface area contributed by atoms with Crippen molar-refractivity contribution in [2.75, 3.05) is 19.0 Å². The first-order valence-electron chi connectivity index (χ1n) is 7.86. The number of non-ortho nitro benzene ring substituents is 1. The highest BCUT2D eigenvalue weighted by atomic mass is 32.2. The fourth-order valence-electron chi connectivity index (χ4n) is 2.35. The zero-order valence-corrected chi connectivity index (χ0v) is 15.0. The number of benzene rings is 1. The van der Waals surface area contributed by atoms with E-state index in [1.807, 2.05) is 0 Å². The van der Waals surface area contributed by atoms with Crippen LogP contribution in [0.2, 0.25) is 0 Å². The molecule has 0 fully saturated rings. The maximum absolute atomic E-state index is 12.5. The third-order valence-electron chi connectivity index (χ3n) is 3.64. The molecule has 1 aliphatic heterocycles. The van der Waals surface area contributed by atoms with Crippen LogP contribution in [0.3, 0.4) is 0 Å². The molecule has 1 heterocycles. The highest BCUT2D eigenvalue weighted by Crippen LogP contribution is 2.33. The molecule has 0 aliphatic carbocycles. The summed E-state index contributed by atoms with van der Waals surface area (Å²) in [4.78, 5) is 39.4. The van der Waals surface area contributed by atoms with Crippen molar-refractivity contribution in [3.63, 3.8) is 0 Å². The Morgan fingerprint density at radius 1 is 1.27 bits per heavy atom. The second-order valence-corrected chi connectivity index (χ2v) is 6.26. The van der Waals surface area contributed by atoms with Gasteiger partial charge in [-0.15, -0.1) is 11.8 Å². The van der Waals surface area contributed by atoms with Crippen LogP contribution in [0.15, 0.2) is 29.3 Å². The van der Waals surface area contributed by atoms with E-state index in [0.29, 0.717) is 5.56 Å². The highest BCUT2D eigenvalue weighted by molar-refractivity contribution is 8.14. The predicted molar refractivity (Wildman–Crippen MR) is 94.1 cm³/mol. The average molecular weight is 382 g/mol. The van der Waals surface area contributed by atoms with Gasteiger partial charge in [0.15, 0.2) is 0 Å². The van der Waals surface area contributed by atoms with Gasteiger partial charge in [-0.25, -0.2) is 14.6 Å². The van der Waals surface area contributed by atoms with E-state index >= 15 is 0 Å². The zero-order valence-electron chi connectivity index (χ0n) is 14.2. The second kappa shape index (κ2) is 8.28. The van der Waals surface area contributed by atoms with Gasteiger partial charge in [0.1, 0.15) is 6.10 Å². The molecule has 1 aromatic rings. The fourth-order valence-corrected chi connectivity index (χ4v) is 3.42. The van der Waals surface area contributed by atoms with Crippen LogP contribution in [0, 0.1) is 10.1 Å². The van der Waals surface area contributed by atoms with Gasteiger partial charge in [0, 0.05) is 23.4 Å². The Morgan fingerprint density at radius 3 is 2.27 bits per heavy atom. The summed E-state index contributed by atoms with van der Waals surface area (Å²) in [6, 6.07) is 5.51. The normalized spacial score (nSPS) is 18.6. The predicted octanol–water partition coefficient (Wildman–Crippen LogP) is 1.31. The van der Waals surface area contributed by atoms with Gasteiger partial charge in [-0.3, -0.25) is 10.1 Å². The Labute approximate surface area is 153 Å². The second-order valence-electron chi connectivity index (χ2n) is 5.26. The van der Waals surface area contributed by atoms with Crippen LogP contribution in [0.25, 0.3) is 0 Å². The highest BCUT2D eigenvalue weighted by Gasteiger charge is 2.57. The number of hydrogen-bond donors (Lipinski definition) is 1. The first-order chi connectivity index (χ1) is 12.4. The monoisotopic (exact) mass is 382 g/mol. The van der Waals surface area contributed by atoms with Crippen molar-refractivity contribution in [3.8, 4) is 0 Å². The average Bonchev–Trinajstić information content (AvgIpc) is 2.62. The number of ether oxygens (including phenoxy) is 2. The van der Waals surface area contributed by atoms with Crippen LogP contribution in [-0.4, -0.2) is 57.6 Å². The summed E-state index contributed by atoms with van der Waals surface area (Å²) in [6.45, 7) is 3.15. The topological polar surface area (TPSA) is 128 Å². The lowest BCUT2D eigenvalue weighted by molar-refractivity contribution is -0.384. The molecule has 1 N–H and O–H groups in total. The number of thioether (sulfide) groups is 1. The molecule has 9 nitrogen and oxygen atoms in total. The SMILES string of the molecule is CCOC(=O)C1(C(=O)OCC)N=C(c2ccc([N+](=O)[O-])cc2)SCC1O. The van der Waals surface area contributed by atoms with Crippen molar-refractivity contribution in [2.24, 2.45) is 4.99 Å². The maximum atomic E-state index is 12.5. The van der Waals surface area contributed by atoms with E-state index in [9.17, 15) is 24.8 Å². The molecule has 0 saturated heterocycles. The molecule has 0 bridgehead atoms. The van der Waals surface area contributed by atoms with Crippen LogP contribution in [-0.2, 0) is 19.1 Å². The van der Waals surface area contributed by atoms with Gasteiger partial charge in [-0.05, 0) is 26.0 Å². The van der Waals surface area contributed by atoms with Crippen molar-refractivity contribution in [1.29, 1.82) is 0 Å². The zero-order chi connectivity index (χ0) is 19.3. The van der Waals surface area contributed by atoms with Crippen molar-refractivity contribution >= 4 is 34.4 Å². The maximum Gasteiger partial charge on any atom is 0.348 e. The number of rotatable bonds is 6. The lowest BCUT2D eigenvalue weighted by Crippen LogP contribution is -2.59. The van der Waals surface area contributed by atoms with Crippen LogP contribution in [0.1, 0.15) is 19.4 Å². The lowest BCUT2D eigenvalue weighted by atomic mass is 9.93. The van der Waals surface area contributed by atoms with Crippen molar-refractivity contribution < 1.29 is 29.1 Å². The molecule has 10 heteroatoms. The van der Waals surface area contributed by atoms with Gasteiger partial charge in [-0.2, -0.15) is 0 Å². The number of nitro benzene ring substituents is 1. The summed E-state index contributed by atoms with van der Waals surface area (Å²) < 4.78 is 9.90. The summed E-state index contributed by atoms with van der Waals surface area (Å²) in [5, 5.41) is 21.4. The van der Waals surface area contributed by atoms with E-state index < -0.39 is 28.5 Å². The molecule has 26 heavy (non-hydrogen) atoms. The number of aliphatic hydroxyl groups excluding tert-OH is 1. The molecule has 0 radical (unpaired) electrons. The van der Waals surface area contributed by atoms with Gasteiger partial charge in [0.25, 0.3) is 11.2 Å². The number of nitro groups is 1. The Morgan fingerprint density at radius 2 is 1.81 bits per heavy atom. The molecule has 0 amide bonds. The first-order valence-corrected chi connectivity index (χ1v) is 8.85. The molecule has 140 valence electrons. The van der Waals surface area contributed by atoms with E-state index in [1.54, 1.807) is 13.8 Å². The Bertz CT molecular complexity index is 715. The minimum atomic E-state index is -2.21. The van der Waals surface area contributed by atoms with Crippen molar-refractivity contribution in [1.82, 2.24) is 0 Å². The standard InChI is InChI=1S/C16H18N2O7S/c1-3-24-14(20)16(15(21)25-4-2)12(19)9-26-13(17-16)10-5-7-11(8-6-10)18(22)23/h5-8,12,19H,3-4,9H2,1-2H3. The Balaban J connectivity index is 2.51. The van der Waals surface area contributed by atoms with Gasteiger partial charge in [0.05, 0.1) is 23.2 Å². The minimum Gasteiger partial charge on any atom is -0.464 e. The van der Waals surface area contributed by atoms with E-state index in [0.717, 1.165) is 11.8 Å². The van der Waals surface area contributed by atoms with E-state index in [4.69, 9.17) is 9.47 Å². The quantitative estimate of drug-likeness (QED) is 0.337. The molecule has 1 atom stereocenters. The number of carbonyl (C=O) groups is 2. The third-order valence-corrected chi connectivity index (χ3v) is 4.72. The Kier molecular flexibility index (Phi) is 6.32. The number of hydrogen-bond acceptors (Lipinski definition) is 9. The smallest absolute Gasteiger partial charge is 0.348 e. The van der Waals surface area contributed by atoms with Crippen molar-refractivity contribution in [2.45, 2.75) is 25.5 Å². The Hall–Kier alpha value is -2.46. The van der Waals surface area contributed by atoms with Crippen molar-refractivity contribution in [3.05, 3.63) is 39.9 Å². The van der Waals surface area contributed by atoms with Gasteiger partial charge in [0.2, 0.25) is 0 Å². The number of aliphatic imine (C=N–C) groups is 1. The lowest BCUT2D eigenvalue weighted by Gasteiger charge is -2.33. The van der Waals surface area contributed by atoms with Gasteiger partial charge >= 0.3 is 11.9 Å². The molecule has 1 unspecified atom stereocenters. The summed E-state index contributed by atoms with van der Waals surface area (Å²) in [7, 11) is 0. The molecule has 0 spiro atoms.